The van der Waals surface area contributed by atoms with Crippen molar-refractivity contribution in [1.29, 1.82) is 5.26 Å². The fraction of sp³-hybridized carbons (Fsp3) is 0.222. The highest BCUT2D eigenvalue weighted by Crippen LogP contribution is 2.34. The highest BCUT2D eigenvalue weighted by molar-refractivity contribution is 5.42. The average molecular weight is 230 g/mol. The molecule has 0 aliphatic rings. The van der Waals surface area contributed by atoms with Crippen LogP contribution in [0.2, 0.25) is 0 Å². The summed E-state index contributed by atoms with van der Waals surface area (Å²) in [5.74, 6) is 0. The molecule has 7 heteroatoms. The van der Waals surface area contributed by atoms with E-state index in [1.54, 1.807) is 6.07 Å². The highest BCUT2D eigenvalue weighted by Gasteiger charge is 2.34. The largest absolute Gasteiger partial charge is 0.416 e. The number of non-ortho nitro benzene ring substituents is 1. The molecule has 0 saturated carbocycles. The lowest BCUT2D eigenvalue weighted by Gasteiger charge is -2.10. The van der Waals surface area contributed by atoms with Gasteiger partial charge in [-0.25, -0.2) is 0 Å². The molecule has 0 heterocycles. The molecule has 0 spiro atoms. The Bertz CT molecular complexity index is 463. The van der Waals surface area contributed by atoms with Crippen molar-refractivity contribution in [3.63, 3.8) is 0 Å². The number of alkyl halides is 3. The second-order valence-electron chi connectivity index (χ2n) is 2.93. The first-order valence-electron chi connectivity index (χ1n) is 4.07. The van der Waals surface area contributed by atoms with E-state index in [9.17, 15) is 23.3 Å². The van der Waals surface area contributed by atoms with E-state index >= 15 is 0 Å². The molecule has 0 bridgehead atoms. The SMILES string of the molecule is N#CCc1ccc([N+](=O)[O-])cc1C(F)(F)F. The third kappa shape index (κ3) is 2.48. The lowest BCUT2D eigenvalue weighted by atomic mass is 10.0. The van der Waals surface area contributed by atoms with Gasteiger partial charge in [-0.05, 0) is 5.56 Å². The summed E-state index contributed by atoms with van der Waals surface area (Å²) < 4.78 is 37.4. The van der Waals surface area contributed by atoms with Crippen molar-refractivity contribution in [2.24, 2.45) is 0 Å². The van der Waals surface area contributed by atoms with Gasteiger partial charge in [0, 0.05) is 12.1 Å². The van der Waals surface area contributed by atoms with Crippen molar-refractivity contribution in [2.75, 3.05) is 0 Å². The number of hydrogen-bond donors (Lipinski definition) is 0. The standard InChI is InChI=1S/C9H5F3N2O2/c10-9(11,12)8-5-7(14(15)16)2-1-6(8)3-4-13/h1-2,5H,3H2. The summed E-state index contributed by atoms with van der Waals surface area (Å²) in [5, 5.41) is 18.7. The van der Waals surface area contributed by atoms with Crippen LogP contribution in [0.25, 0.3) is 0 Å². The minimum atomic E-state index is -4.70. The van der Waals surface area contributed by atoms with Crippen LogP contribution >= 0.6 is 0 Å². The van der Waals surface area contributed by atoms with Gasteiger partial charge in [0.2, 0.25) is 0 Å². The van der Waals surface area contributed by atoms with Crippen molar-refractivity contribution >= 4 is 5.69 Å². The molecule has 1 aromatic rings. The number of hydrogen-bond acceptors (Lipinski definition) is 3. The molecular formula is C9H5F3N2O2. The maximum Gasteiger partial charge on any atom is 0.416 e. The molecule has 0 aliphatic carbocycles. The molecule has 84 valence electrons. The maximum atomic E-state index is 12.5. The Labute approximate surface area is 88.1 Å². The summed E-state index contributed by atoms with van der Waals surface area (Å²) in [4.78, 5) is 9.41. The highest BCUT2D eigenvalue weighted by atomic mass is 19.4. The van der Waals surface area contributed by atoms with Crippen molar-refractivity contribution in [3.05, 3.63) is 39.4 Å². The monoisotopic (exact) mass is 230 g/mol. The normalized spacial score (nSPS) is 10.9. The van der Waals surface area contributed by atoms with E-state index in [0.717, 1.165) is 12.1 Å². The van der Waals surface area contributed by atoms with Gasteiger partial charge in [0.15, 0.2) is 0 Å². The summed E-state index contributed by atoms with van der Waals surface area (Å²) in [7, 11) is 0. The second-order valence-corrected chi connectivity index (χ2v) is 2.93. The molecule has 0 fully saturated rings. The van der Waals surface area contributed by atoms with Gasteiger partial charge in [0.1, 0.15) is 0 Å². The van der Waals surface area contributed by atoms with E-state index in [1.807, 2.05) is 0 Å². The van der Waals surface area contributed by atoms with Gasteiger partial charge in [-0.3, -0.25) is 10.1 Å². The van der Waals surface area contributed by atoms with Crippen molar-refractivity contribution in [3.8, 4) is 6.07 Å². The molecule has 0 aromatic heterocycles. The van der Waals surface area contributed by atoms with Gasteiger partial charge >= 0.3 is 6.18 Å². The van der Waals surface area contributed by atoms with E-state index in [0.29, 0.717) is 6.07 Å². The zero-order chi connectivity index (χ0) is 12.3. The quantitative estimate of drug-likeness (QED) is 0.579. The Morgan fingerprint density at radius 2 is 2.06 bits per heavy atom. The van der Waals surface area contributed by atoms with Gasteiger partial charge < -0.3 is 0 Å². The molecule has 0 N–H and O–H groups in total. The third-order valence-electron chi connectivity index (χ3n) is 1.88. The molecule has 0 aliphatic heterocycles. The van der Waals surface area contributed by atoms with Crippen LogP contribution in [0.15, 0.2) is 18.2 Å². The van der Waals surface area contributed by atoms with E-state index in [-0.39, 0.29) is 5.56 Å². The maximum absolute atomic E-state index is 12.5. The van der Waals surface area contributed by atoms with Gasteiger partial charge in [0.25, 0.3) is 5.69 Å². The van der Waals surface area contributed by atoms with Gasteiger partial charge in [-0.15, -0.1) is 0 Å². The number of rotatable bonds is 2. The van der Waals surface area contributed by atoms with Crippen LogP contribution in [-0.4, -0.2) is 4.92 Å². The van der Waals surface area contributed by atoms with Crippen molar-refractivity contribution in [2.45, 2.75) is 12.6 Å². The predicted octanol–water partition coefficient (Wildman–Crippen LogP) is 2.68. The number of nitro benzene ring substituents is 1. The van der Waals surface area contributed by atoms with E-state index in [2.05, 4.69) is 0 Å². The number of benzene rings is 1. The fourth-order valence-electron chi connectivity index (χ4n) is 1.18. The third-order valence-corrected chi connectivity index (χ3v) is 1.88. The summed E-state index contributed by atoms with van der Waals surface area (Å²) in [6.45, 7) is 0. The van der Waals surface area contributed by atoms with Crippen LogP contribution in [0, 0.1) is 21.4 Å². The first-order valence-corrected chi connectivity index (χ1v) is 4.07. The minimum Gasteiger partial charge on any atom is -0.258 e. The Kier molecular flexibility index (Phi) is 3.13. The van der Waals surface area contributed by atoms with Crippen molar-refractivity contribution in [1.82, 2.24) is 0 Å². The first kappa shape index (κ1) is 12.0. The smallest absolute Gasteiger partial charge is 0.258 e. The van der Waals surface area contributed by atoms with Crippen LogP contribution in [0.5, 0.6) is 0 Å². The van der Waals surface area contributed by atoms with E-state index in [4.69, 9.17) is 5.26 Å². The lowest BCUT2D eigenvalue weighted by molar-refractivity contribution is -0.385. The van der Waals surface area contributed by atoms with Crippen molar-refractivity contribution < 1.29 is 18.1 Å². The Morgan fingerprint density at radius 1 is 1.44 bits per heavy atom. The van der Waals surface area contributed by atoms with Crippen LogP contribution in [0.3, 0.4) is 0 Å². The Hall–Kier alpha value is -2.10. The van der Waals surface area contributed by atoms with Gasteiger partial charge in [-0.1, -0.05) is 6.07 Å². The molecule has 1 rings (SSSR count). The summed E-state index contributed by atoms with van der Waals surface area (Å²) in [5.41, 5.74) is -2.04. The molecule has 0 saturated heterocycles. The van der Waals surface area contributed by atoms with E-state index in [1.165, 1.54) is 0 Å². The van der Waals surface area contributed by atoms with Gasteiger partial charge in [0.05, 0.1) is 23.0 Å². The summed E-state index contributed by atoms with van der Waals surface area (Å²) in [6, 6.07) is 3.91. The molecule has 4 nitrogen and oxygen atoms in total. The number of nitro groups is 1. The van der Waals surface area contributed by atoms with Gasteiger partial charge in [-0.2, -0.15) is 18.4 Å². The lowest BCUT2D eigenvalue weighted by Crippen LogP contribution is -2.09. The molecule has 0 atom stereocenters. The topological polar surface area (TPSA) is 66.9 Å². The molecule has 0 amide bonds. The molecule has 0 unspecified atom stereocenters. The first-order chi connectivity index (χ1) is 7.36. The minimum absolute atomic E-state index is 0.263. The van der Waals surface area contributed by atoms with Crippen LogP contribution in [0.4, 0.5) is 18.9 Å². The average Bonchev–Trinajstić information content (AvgIpc) is 2.16. The van der Waals surface area contributed by atoms with Crippen LogP contribution in [-0.2, 0) is 12.6 Å². The Balaban J connectivity index is 3.34. The second kappa shape index (κ2) is 4.18. The number of halogens is 3. The molecule has 16 heavy (non-hydrogen) atoms. The Morgan fingerprint density at radius 3 is 2.50 bits per heavy atom. The zero-order valence-electron chi connectivity index (χ0n) is 7.78. The molecule has 1 aromatic carbocycles. The summed E-state index contributed by atoms with van der Waals surface area (Å²) in [6.07, 6.45) is -5.13. The fourth-order valence-corrected chi connectivity index (χ4v) is 1.18. The molecular weight excluding hydrogens is 225 g/mol. The van der Waals surface area contributed by atoms with Crippen LogP contribution in [0.1, 0.15) is 11.1 Å². The zero-order valence-corrected chi connectivity index (χ0v) is 7.78. The van der Waals surface area contributed by atoms with Crippen LogP contribution < -0.4 is 0 Å². The number of nitrogens with zero attached hydrogens (tertiary/aromatic N) is 2. The predicted molar refractivity (Wildman–Crippen MR) is 47.4 cm³/mol. The van der Waals surface area contributed by atoms with E-state index < -0.39 is 28.8 Å². The summed E-state index contributed by atoms with van der Waals surface area (Å²) >= 11 is 0. The molecule has 0 radical (unpaired) electrons. The number of nitriles is 1.